The molecule has 0 bridgehead atoms. The first-order chi connectivity index (χ1) is 9.54. The standard InChI is InChI=1S/C16H31N3O/c1-13-8-14(2)10-19(9-13)16(20)12-18(3)11-15-6-4-5-7-17-15/h13-15,17H,4-12H2,1-3H3. The molecule has 116 valence electrons. The van der Waals surface area contributed by atoms with Gasteiger partial charge in [0.1, 0.15) is 0 Å². The zero-order valence-electron chi connectivity index (χ0n) is 13.4. The van der Waals surface area contributed by atoms with Gasteiger partial charge in [-0.2, -0.15) is 0 Å². The van der Waals surface area contributed by atoms with Crippen LogP contribution >= 0.6 is 0 Å². The number of piperidine rings is 2. The van der Waals surface area contributed by atoms with Gasteiger partial charge in [0.2, 0.25) is 5.91 Å². The quantitative estimate of drug-likeness (QED) is 0.849. The van der Waals surface area contributed by atoms with E-state index in [9.17, 15) is 4.79 Å². The topological polar surface area (TPSA) is 35.6 Å². The lowest BCUT2D eigenvalue weighted by Crippen LogP contribution is -2.49. The minimum atomic E-state index is 0.307. The molecule has 1 N–H and O–H groups in total. The molecule has 2 aliphatic heterocycles. The van der Waals surface area contributed by atoms with Crippen LogP contribution in [0.25, 0.3) is 0 Å². The van der Waals surface area contributed by atoms with Gasteiger partial charge >= 0.3 is 0 Å². The number of likely N-dealkylation sites (tertiary alicyclic amines) is 1. The Kier molecular flexibility index (Phi) is 5.85. The van der Waals surface area contributed by atoms with E-state index in [1.54, 1.807) is 0 Å². The van der Waals surface area contributed by atoms with Gasteiger partial charge < -0.3 is 10.2 Å². The molecule has 4 heteroatoms. The minimum absolute atomic E-state index is 0.307. The van der Waals surface area contributed by atoms with E-state index in [0.717, 1.165) is 26.2 Å². The first-order valence-corrected chi connectivity index (χ1v) is 8.24. The lowest BCUT2D eigenvalue weighted by molar-refractivity contribution is -0.134. The summed E-state index contributed by atoms with van der Waals surface area (Å²) >= 11 is 0. The summed E-state index contributed by atoms with van der Waals surface area (Å²) in [5.74, 6) is 1.60. The number of likely N-dealkylation sites (N-methyl/N-ethyl adjacent to an activating group) is 1. The highest BCUT2D eigenvalue weighted by atomic mass is 16.2. The van der Waals surface area contributed by atoms with Gasteiger partial charge in [-0.1, -0.05) is 20.3 Å². The van der Waals surface area contributed by atoms with Crippen molar-refractivity contribution in [2.75, 3.05) is 39.8 Å². The molecule has 0 aromatic carbocycles. The molecule has 2 aliphatic rings. The zero-order valence-corrected chi connectivity index (χ0v) is 13.4. The summed E-state index contributed by atoms with van der Waals surface area (Å²) in [7, 11) is 2.07. The molecule has 2 saturated heterocycles. The van der Waals surface area contributed by atoms with Crippen molar-refractivity contribution in [3.8, 4) is 0 Å². The Hall–Kier alpha value is -0.610. The molecular weight excluding hydrogens is 250 g/mol. The number of amides is 1. The fourth-order valence-corrected chi connectivity index (χ4v) is 3.72. The molecule has 3 unspecified atom stereocenters. The van der Waals surface area contributed by atoms with Crippen molar-refractivity contribution < 1.29 is 4.79 Å². The van der Waals surface area contributed by atoms with Crippen LogP contribution < -0.4 is 5.32 Å². The molecule has 1 amide bonds. The van der Waals surface area contributed by atoms with Gasteiger partial charge in [-0.25, -0.2) is 0 Å². The summed E-state index contributed by atoms with van der Waals surface area (Å²) in [6.07, 6.45) is 5.12. The maximum Gasteiger partial charge on any atom is 0.236 e. The van der Waals surface area contributed by atoms with E-state index < -0.39 is 0 Å². The SMILES string of the molecule is CC1CC(C)CN(C(=O)CN(C)CC2CCCCN2)C1. The van der Waals surface area contributed by atoms with Crippen LogP contribution in [0.5, 0.6) is 0 Å². The van der Waals surface area contributed by atoms with Gasteiger partial charge in [-0.15, -0.1) is 0 Å². The number of nitrogens with one attached hydrogen (secondary N) is 1. The van der Waals surface area contributed by atoms with E-state index >= 15 is 0 Å². The molecule has 2 fully saturated rings. The first-order valence-electron chi connectivity index (χ1n) is 8.24. The second kappa shape index (κ2) is 7.41. The average Bonchev–Trinajstić information content (AvgIpc) is 2.38. The highest BCUT2D eigenvalue weighted by Gasteiger charge is 2.26. The Morgan fingerprint density at radius 2 is 1.95 bits per heavy atom. The first kappa shape index (κ1) is 15.8. The van der Waals surface area contributed by atoms with Crippen molar-refractivity contribution in [2.24, 2.45) is 11.8 Å². The smallest absolute Gasteiger partial charge is 0.236 e. The molecule has 2 rings (SSSR count). The maximum absolute atomic E-state index is 12.4. The fraction of sp³-hybridized carbons (Fsp3) is 0.938. The van der Waals surface area contributed by atoms with E-state index in [0.29, 0.717) is 30.3 Å². The number of carbonyl (C=O) groups excluding carboxylic acids is 1. The molecule has 0 aromatic heterocycles. The van der Waals surface area contributed by atoms with Crippen LogP contribution in [-0.4, -0.2) is 61.5 Å². The van der Waals surface area contributed by atoms with Gasteiger partial charge in [0.25, 0.3) is 0 Å². The molecule has 0 spiro atoms. The van der Waals surface area contributed by atoms with E-state index in [1.807, 2.05) is 0 Å². The Morgan fingerprint density at radius 3 is 2.55 bits per heavy atom. The highest BCUT2D eigenvalue weighted by molar-refractivity contribution is 5.78. The van der Waals surface area contributed by atoms with Crippen LogP contribution in [0, 0.1) is 11.8 Å². The highest BCUT2D eigenvalue weighted by Crippen LogP contribution is 2.21. The number of rotatable bonds is 4. The summed E-state index contributed by atoms with van der Waals surface area (Å²) in [4.78, 5) is 16.7. The third-order valence-corrected chi connectivity index (χ3v) is 4.57. The van der Waals surface area contributed by atoms with Gasteiger partial charge in [0.05, 0.1) is 6.54 Å². The molecule has 4 nitrogen and oxygen atoms in total. The number of nitrogens with zero attached hydrogens (tertiary/aromatic N) is 2. The number of hydrogen-bond donors (Lipinski definition) is 1. The lowest BCUT2D eigenvalue weighted by Gasteiger charge is -2.36. The van der Waals surface area contributed by atoms with Crippen LogP contribution in [0.4, 0.5) is 0 Å². The van der Waals surface area contributed by atoms with Gasteiger partial charge in [0, 0.05) is 25.7 Å². The van der Waals surface area contributed by atoms with Crippen LogP contribution in [-0.2, 0) is 4.79 Å². The normalized spacial score (nSPS) is 31.6. The Bertz CT molecular complexity index is 305. The summed E-state index contributed by atoms with van der Waals surface area (Å²) < 4.78 is 0. The summed E-state index contributed by atoms with van der Waals surface area (Å²) in [6.45, 7) is 9.09. The maximum atomic E-state index is 12.4. The van der Waals surface area contributed by atoms with Crippen LogP contribution in [0.3, 0.4) is 0 Å². The molecule has 0 aromatic rings. The van der Waals surface area contributed by atoms with Crippen LogP contribution in [0.2, 0.25) is 0 Å². The number of hydrogen-bond acceptors (Lipinski definition) is 3. The monoisotopic (exact) mass is 281 g/mol. The Labute approximate surface area is 123 Å². The fourth-order valence-electron chi connectivity index (χ4n) is 3.72. The van der Waals surface area contributed by atoms with Crippen LogP contribution in [0.15, 0.2) is 0 Å². The summed E-state index contributed by atoms with van der Waals surface area (Å²) in [6, 6.07) is 0.570. The van der Waals surface area contributed by atoms with Gasteiger partial charge in [-0.05, 0) is 44.7 Å². The van der Waals surface area contributed by atoms with E-state index in [1.165, 1.54) is 25.7 Å². The average molecular weight is 281 g/mol. The van der Waals surface area contributed by atoms with Crippen molar-refractivity contribution in [1.82, 2.24) is 15.1 Å². The van der Waals surface area contributed by atoms with E-state index in [4.69, 9.17) is 0 Å². The largest absolute Gasteiger partial charge is 0.341 e. The van der Waals surface area contributed by atoms with Crippen molar-refractivity contribution in [3.63, 3.8) is 0 Å². The summed E-state index contributed by atoms with van der Waals surface area (Å²) in [5, 5.41) is 3.55. The van der Waals surface area contributed by atoms with Crippen molar-refractivity contribution in [3.05, 3.63) is 0 Å². The molecule has 0 aliphatic carbocycles. The Balaban J connectivity index is 1.75. The van der Waals surface area contributed by atoms with Crippen molar-refractivity contribution in [2.45, 2.75) is 45.6 Å². The zero-order chi connectivity index (χ0) is 14.5. The van der Waals surface area contributed by atoms with Gasteiger partial charge in [-0.3, -0.25) is 9.69 Å². The van der Waals surface area contributed by atoms with E-state index in [-0.39, 0.29) is 0 Å². The number of carbonyl (C=O) groups is 1. The van der Waals surface area contributed by atoms with E-state index in [2.05, 4.69) is 36.0 Å². The van der Waals surface area contributed by atoms with Crippen LogP contribution in [0.1, 0.15) is 39.5 Å². The predicted molar refractivity (Wildman–Crippen MR) is 82.7 cm³/mol. The summed E-state index contributed by atoms with van der Waals surface area (Å²) in [5.41, 5.74) is 0. The Morgan fingerprint density at radius 1 is 1.25 bits per heavy atom. The van der Waals surface area contributed by atoms with Gasteiger partial charge in [0.15, 0.2) is 0 Å². The third-order valence-electron chi connectivity index (χ3n) is 4.57. The minimum Gasteiger partial charge on any atom is -0.341 e. The molecule has 2 heterocycles. The molecule has 0 radical (unpaired) electrons. The second-order valence-electron chi connectivity index (χ2n) is 7.09. The van der Waals surface area contributed by atoms with Crippen molar-refractivity contribution >= 4 is 5.91 Å². The molecular formula is C16H31N3O. The molecule has 3 atom stereocenters. The lowest BCUT2D eigenvalue weighted by atomic mass is 9.92. The second-order valence-corrected chi connectivity index (χ2v) is 7.09. The molecule has 20 heavy (non-hydrogen) atoms. The van der Waals surface area contributed by atoms with Crippen molar-refractivity contribution in [1.29, 1.82) is 0 Å². The predicted octanol–water partition coefficient (Wildman–Crippen LogP) is 1.56. The third kappa shape index (κ3) is 4.74. The molecule has 0 saturated carbocycles.